The number of morpholine rings is 1. The van der Waals surface area contributed by atoms with Gasteiger partial charge in [0.05, 0.1) is 24.3 Å². The van der Waals surface area contributed by atoms with Gasteiger partial charge in [0.25, 0.3) is 5.56 Å². The van der Waals surface area contributed by atoms with Gasteiger partial charge in [0, 0.05) is 45.1 Å². The number of nitrogens with one attached hydrogen (secondary N) is 1. The summed E-state index contributed by atoms with van der Waals surface area (Å²) in [7, 11) is 0. The molecule has 0 radical (unpaired) electrons. The predicted molar refractivity (Wildman–Crippen MR) is 110 cm³/mol. The zero-order valence-corrected chi connectivity index (χ0v) is 16.9. The van der Waals surface area contributed by atoms with Crippen molar-refractivity contribution in [2.24, 2.45) is 5.41 Å². The summed E-state index contributed by atoms with van der Waals surface area (Å²) in [6.07, 6.45) is 1.37. The molecular formula is C22H26N4O4. The van der Waals surface area contributed by atoms with E-state index in [1.165, 1.54) is 6.07 Å². The number of ether oxygens (including phenoxy) is 1. The number of aromatic amines is 1. The molecule has 0 saturated carbocycles. The van der Waals surface area contributed by atoms with E-state index in [1.807, 2.05) is 35.2 Å². The molecule has 3 heterocycles. The largest absolute Gasteiger partial charge is 0.378 e. The first-order valence-corrected chi connectivity index (χ1v) is 10.3. The minimum atomic E-state index is -0.579. The van der Waals surface area contributed by atoms with E-state index in [4.69, 9.17) is 4.74 Å². The van der Waals surface area contributed by atoms with Crippen LogP contribution in [-0.2, 0) is 27.2 Å². The summed E-state index contributed by atoms with van der Waals surface area (Å²) in [6.45, 7) is 3.16. The first kappa shape index (κ1) is 20.3. The van der Waals surface area contributed by atoms with Gasteiger partial charge in [0.15, 0.2) is 0 Å². The van der Waals surface area contributed by atoms with Crippen LogP contribution in [-0.4, -0.2) is 71.2 Å². The summed E-state index contributed by atoms with van der Waals surface area (Å²) in [5.41, 5.74) is 0.928. The van der Waals surface area contributed by atoms with Crippen molar-refractivity contribution in [3.8, 4) is 0 Å². The van der Waals surface area contributed by atoms with Gasteiger partial charge in [-0.3, -0.25) is 14.4 Å². The van der Waals surface area contributed by atoms with Crippen molar-refractivity contribution in [1.29, 1.82) is 0 Å². The van der Waals surface area contributed by atoms with Gasteiger partial charge >= 0.3 is 0 Å². The third-order valence-electron chi connectivity index (χ3n) is 5.81. The molecule has 2 aliphatic rings. The standard InChI is InChI=1S/C22H26N4O4/c27-19-8-6-18(23-24-19)7-9-20(28)26-15-22(16-26,14-17-4-2-1-3-5-17)21(29)25-10-12-30-13-11-25/h1-6,8H,7,9-16H2,(H,24,27). The van der Waals surface area contributed by atoms with E-state index >= 15 is 0 Å². The van der Waals surface area contributed by atoms with Crippen molar-refractivity contribution in [1.82, 2.24) is 20.0 Å². The van der Waals surface area contributed by atoms with Crippen molar-refractivity contribution in [3.63, 3.8) is 0 Å². The van der Waals surface area contributed by atoms with Crippen LogP contribution in [0.1, 0.15) is 17.7 Å². The molecule has 0 spiro atoms. The number of aromatic nitrogens is 2. The van der Waals surface area contributed by atoms with Crippen LogP contribution in [0.4, 0.5) is 0 Å². The fraction of sp³-hybridized carbons (Fsp3) is 0.455. The molecule has 0 bridgehead atoms. The lowest BCUT2D eigenvalue weighted by molar-refractivity contribution is -0.163. The Morgan fingerprint density at radius 1 is 1.03 bits per heavy atom. The number of likely N-dealkylation sites (tertiary alicyclic amines) is 1. The minimum absolute atomic E-state index is 0.00136. The second kappa shape index (κ2) is 8.79. The average Bonchev–Trinajstić information content (AvgIpc) is 2.76. The maximum Gasteiger partial charge on any atom is 0.264 e. The number of benzene rings is 1. The Bertz CT molecular complexity index is 927. The molecule has 2 saturated heterocycles. The van der Waals surface area contributed by atoms with Gasteiger partial charge in [0.2, 0.25) is 11.8 Å². The van der Waals surface area contributed by atoms with Crippen molar-refractivity contribution < 1.29 is 14.3 Å². The third kappa shape index (κ3) is 4.43. The molecule has 1 aromatic carbocycles. The highest BCUT2D eigenvalue weighted by Crippen LogP contribution is 2.37. The zero-order chi connectivity index (χ0) is 21.0. The molecule has 0 atom stereocenters. The fourth-order valence-electron chi connectivity index (χ4n) is 4.18. The van der Waals surface area contributed by atoms with Crippen LogP contribution in [0.3, 0.4) is 0 Å². The number of hydrogen-bond donors (Lipinski definition) is 1. The van der Waals surface area contributed by atoms with Gasteiger partial charge in [-0.15, -0.1) is 0 Å². The number of carbonyl (C=O) groups excluding carboxylic acids is 2. The number of H-pyrrole nitrogens is 1. The highest BCUT2D eigenvalue weighted by molar-refractivity contribution is 5.88. The Kier molecular flexibility index (Phi) is 5.94. The van der Waals surface area contributed by atoms with E-state index in [2.05, 4.69) is 10.2 Å². The molecule has 1 aromatic heterocycles. The van der Waals surface area contributed by atoms with Crippen molar-refractivity contribution >= 4 is 11.8 Å². The van der Waals surface area contributed by atoms with Crippen molar-refractivity contribution in [3.05, 3.63) is 64.1 Å². The van der Waals surface area contributed by atoms with E-state index in [1.54, 1.807) is 11.0 Å². The maximum absolute atomic E-state index is 13.4. The van der Waals surface area contributed by atoms with Crippen LogP contribution in [0, 0.1) is 5.41 Å². The van der Waals surface area contributed by atoms with E-state index in [0.29, 0.717) is 64.3 Å². The van der Waals surface area contributed by atoms with Gasteiger partial charge in [-0.25, -0.2) is 5.10 Å². The second-order valence-corrected chi connectivity index (χ2v) is 8.01. The molecule has 8 nitrogen and oxygen atoms in total. The lowest BCUT2D eigenvalue weighted by Crippen LogP contribution is -2.66. The lowest BCUT2D eigenvalue weighted by atomic mass is 9.73. The van der Waals surface area contributed by atoms with Gasteiger partial charge in [-0.05, 0) is 18.1 Å². The van der Waals surface area contributed by atoms with Crippen LogP contribution in [0.2, 0.25) is 0 Å². The lowest BCUT2D eigenvalue weighted by Gasteiger charge is -2.51. The number of carbonyl (C=O) groups is 2. The van der Waals surface area contributed by atoms with Crippen LogP contribution in [0.15, 0.2) is 47.3 Å². The molecule has 2 fully saturated rings. The Morgan fingerprint density at radius 2 is 1.77 bits per heavy atom. The molecule has 4 rings (SSSR count). The summed E-state index contributed by atoms with van der Waals surface area (Å²) in [5, 5.41) is 6.33. The van der Waals surface area contributed by atoms with E-state index in [9.17, 15) is 14.4 Å². The number of hydrogen-bond acceptors (Lipinski definition) is 5. The highest BCUT2D eigenvalue weighted by Gasteiger charge is 2.52. The Balaban J connectivity index is 1.41. The van der Waals surface area contributed by atoms with E-state index < -0.39 is 5.41 Å². The normalized spacial score (nSPS) is 18.0. The van der Waals surface area contributed by atoms with Crippen LogP contribution in [0.25, 0.3) is 0 Å². The first-order valence-electron chi connectivity index (χ1n) is 10.3. The average molecular weight is 410 g/mol. The molecule has 2 amide bonds. The van der Waals surface area contributed by atoms with E-state index in [-0.39, 0.29) is 17.4 Å². The highest BCUT2D eigenvalue weighted by atomic mass is 16.5. The SMILES string of the molecule is O=C(CCc1ccc(=O)[nH]n1)N1CC(Cc2ccccc2)(C(=O)N2CCOCC2)C1. The van der Waals surface area contributed by atoms with Crippen molar-refractivity contribution in [2.45, 2.75) is 19.3 Å². The molecule has 2 aromatic rings. The van der Waals surface area contributed by atoms with Crippen LogP contribution >= 0.6 is 0 Å². The Hall–Kier alpha value is -3.00. The molecule has 0 aliphatic carbocycles. The monoisotopic (exact) mass is 410 g/mol. The summed E-state index contributed by atoms with van der Waals surface area (Å²) >= 11 is 0. The zero-order valence-electron chi connectivity index (χ0n) is 16.9. The van der Waals surface area contributed by atoms with E-state index in [0.717, 1.165) is 5.56 Å². The molecule has 8 heteroatoms. The third-order valence-corrected chi connectivity index (χ3v) is 5.81. The maximum atomic E-state index is 13.4. The topological polar surface area (TPSA) is 95.6 Å². The molecular weight excluding hydrogens is 384 g/mol. The quantitative estimate of drug-likeness (QED) is 0.754. The number of amides is 2. The number of rotatable bonds is 6. The summed E-state index contributed by atoms with van der Waals surface area (Å²) in [5.74, 6) is 0.113. The number of aryl methyl sites for hydroxylation is 1. The molecule has 30 heavy (non-hydrogen) atoms. The van der Waals surface area contributed by atoms with Crippen LogP contribution < -0.4 is 5.56 Å². The van der Waals surface area contributed by atoms with Crippen molar-refractivity contribution in [2.75, 3.05) is 39.4 Å². The summed E-state index contributed by atoms with van der Waals surface area (Å²) < 4.78 is 5.39. The van der Waals surface area contributed by atoms with Gasteiger partial charge in [-0.2, -0.15) is 5.10 Å². The minimum Gasteiger partial charge on any atom is -0.378 e. The van der Waals surface area contributed by atoms with Gasteiger partial charge < -0.3 is 14.5 Å². The predicted octanol–water partition coefficient (Wildman–Crippen LogP) is 0.633. The number of nitrogens with zero attached hydrogens (tertiary/aromatic N) is 3. The summed E-state index contributed by atoms with van der Waals surface area (Å²) in [6, 6.07) is 13.0. The summed E-state index contributed by atoms with van der Waals surface area (Å²) in [4.78, 5) is 40.8. The fourth-order valence-corrected chi connectivity index (χ4v) is 4.18. The second-order valence-electron chi connectivity index (χ2n) is 8.01. The van der Waals surface area contributed by atoms with Crippen LogP contribution in [0.5, 0.6) is 0 Å². The molecule has 2 aliphatic heterocycles. The first-order chi connectivity index (χ1) is 14.6. The molecule has 1 N–H and O–H groups in total. The molecule has 158 valence electrons. The Labute approximate surface area is 174 Å². The molecule has 0 unspecified atom stereocenters. The van der Waals surface area contributed by atoms with Gasteiger partial charge in [-0.1, -0.05) is 30.3 Å². The smallest absolute Gasteiger partial charge is 0.264 e. The van der Waals surface area contributed by atoms with Gasteiger partial charge in [0.1, 0.15) is 0 Å². The Morgan fingerprint density at radius 3 is 2.43 bits per heavy atom.